The minimum atomic E-state index is -1.60. The van der Waals surface area contributed by atoms with Gasteiger partial charge in [0, 0.05) is 5.92 Å². The summed E-state index contributed by atoms with van der Waals surface area (Å²) in [4.78, 5) is 10.9. The third kappa shape index (κ3) is 4.22. The SMILES string of the molecule is C=CC[C@@H](O[Si](CC)(CC)CC)[C@H](C)C=O. The lowest BCUT2D eigenvalue weighted by atomic mass is 10.0. The Morgan fingerprint density at radius 1 is 1.25 bits per heavy atom. The molecular weight excluding hydrogens is 216 g/mol. The molecule has 94 valence electrons. The third-order valence-corrected chi connectivity index (χ3v) is 8.20. The summed E-state index contributed by atoms with van der Waals surface area (Å²) in [5, 5.41) is 0. The molecule has 0 spiro atoms. The molecule has 0 aromatic heterocycles. The molecule has 0 heterocycles. The number of hydrogen-bond donors (Lipinski definition) is 0. The topological polar surface area (TPSA) is 26.3 Å². The van der Waals surface area contributed by atoms with Crippen molar-refractivity contribution in [2.24, 2.45) is 5.92 Å². The second-order valence-corrected chi connectivity index (χ2v) is 9.14. The maximum Gasteiger partial charge on any atom is 0.192 e. The molecule has 3 heteroatoms. The minimum Gasteiger partial charge on any atom is -0.413 e. The van der Waals surface area contributed by atoms with Crippen molar-refractivity contribution >= 4 is 14.6 Å². The predicted octanol–water partition coefficient (Wildman–Crippen LogP) is 3.79. The lowest BCUT2D eigenvalue weighted by Gasteiger charge is -2.34. The van der Waals surface area contributed by atoms with Crippen LogP contribution >= 0.6 is 0 Å². The second kappa shape index (κ2) is 7.79. The Balaban J connectivity index is 4.68. The molecule has 0 saturated heterocycles. The number of hydrogen-bond acceptors (Lipinski definition) is 2. The van der Waals surface area contributed by atoms with Crippen LogP contribution in [-0.2, 0) is 9.22 Å². The highest BCUT2D eigenvalue weighted by Crippen LogP contribution is 2.26. The van der Waals surface area contributed by atoms with Crippen LogP contribution in [0.4, 0.5) is 0 Å². The van der Waals surface area contributed by atoms with E-state index >= 15 is 0 Å². The third-order valence-electron chi connectivity index (χ3n) is 3.53. The van der Waals surface area contributed by atoms with Gasteiger partial charge in [-0.2, -0.15) is 0 Å². The molecule has 0 N–H and O–H groups in total. The maximum absolute atomic E-state index is 10.9. The largest absolute Gasteiger partial charge is 0.413 e. The van der Waals surface area contributed by atoms with Crippen LogP contribution in [0.15, 0.2) is 12.7 Å². The number of carbonyl (C=O) groups excluding carboxylic acids is 1. The molecule has 0 aliphatic carbocycles. The number of rotatable bonds is 9. The van der Waals surface area contributed by atoms with Crippen LogP contribution in [0.1, 0.15) is 34.1 Å². The summed E-state index contributed by atoms with van der Waals surface area (Å²) >= 11 is 0. The molecule has 0 radical (unpaired) electrons. The van der Waals surface area contributed by atoms with E-state index in [9.17, 15) is 4.79 Å². The number of aldehydes is 1. The van der Waals surface area contributed by atoms with Crippen molar-refractivity contribution in [1.29, 1.82) is 0 Å². The zero-order valence-corrected chi connectivity index (χ0v) is 12.2. The van der Waals surface area contributed by atoms with E-state index in [1.807, 2.05) is 13.0 Å². The highest BCUT2D eigenvalue weighted by Gasteiger charge is 2.33. The fourth-order valence-electron chi connectivity index (χ4n) is 1.94. The van der Waals surface area contributed by atoms with Gasteiger partial charge in [0.2, 0.25) is 0 Å². The van der Waals surface area contributed by atoms with Gasteiger partial charge >= 0.3 is 0 Å². The van der Waals surface area contributed by atoms with Gasteiger partial charge < -0.3 is 9.22 Å². The number of carbonyl (C=O) groups is 1. The first-order valence-corrected chi connectivity index (χ1v) is 8.86. The fourth-order valence-corrected chi connectivity index (χ4v) is 4.90. The van der Waals surface area contributed by atoms with E-state index in [-0.39, 0.29) is 12.0 Å². The quantitative estimate of drug-likeness (QED) is 0.349. The first kappa shape index (κ1) is 15.6. The molecule has 0 unspecified atom stereocenters. The molecule has 0 aliphatic heterocycles. The van der Waals surface area contributed by atoms with Gasteiger partial charge in [-0.25, -0.2) is 0 Å². The molecule has 0 bridgehead atoms. The normalized spacial score (nSPS) is 15.5. The van der Waals surface area contributed by atoms with Gasteiger partial charge in [0.25, 0.3) is 0 Å². The van der Waals surface area contributed by atoms with E-state index in [4.69, 9.17) is 4.43 Å². The van der Waals surface area contributed by atoms with Crippen LogP contribution in [0.25, 0.3) is 0 Å². The lowest BCUT2D eigenvalue weighted by Crippen LogP contribution is -2.42. The van der Waals surface area contributed by atoms with Crippen molar-refractivity contribution in [2.45, 2.75) is 58.4 Å². The molecule has 2 atom stereocenters. The molecule has 0 aromatic rings. The molecule has 0 aliphatic rings. The zero-order chi connectivity index (χ0) is 12.6. The van der Waals surface area contributed by atoms with Gasteiger partial charge in [-0.05, 0) is 24.6 Å². The van der Waals surface area contributed by atoms with Crippen LogP contribution in [-0.4, -0.2) is 20.7 Å². The molecule has 0 amide bonds. The second-order valence-electron chi connectivity index (χ2n) is 4.42. The Morgan fingerprint density at radius 2 is 1.75 bits per heavy atom. The Labute approximate surface area is 101 Å². The van der Waals surface area contributed by atoms with E-state index in [1.165, 1.54) is 0 Å². The predicted molar refractivity (Wildman–Crippen MR) is 72.1 cm³/mol. The Bertz CT molecular complexity index is 204. The molecular formula is C13H26O2Si. The van der Waals surface area contributed by atoms with Gasteiger partial charge in [-0.15, -0.1) is 6.58 Å². The summed E-state index contributed by atoms with van der Waals surface area (Å²) in [5.74, 6) is -0.0328. The van der Waals surface area contributed by atoms with Gasteiger partial charge in [-0.1, -0.05) is 33.8 Å². The van der Waals surface area contributed by atoms with Crippen LogP contribution in [0, 0.1) is 5.92 Å². The Hall–Kier alpha value is -0.413. The fraction of sp³-hybridized carbons (Fsp3) is 0.769. The Kier molecular flexibility index (Phi) is 7.59. The Morgan fingerprint density at radius 3 is 2.06 bits per heavy atom. The molecule has 0 rings (SSSR count). The van der Waals surface area contributed by atoms with Crippen molar-refractivity contribution in [2.75, 3.05) is 0 Å². The standard InChI is InChI=1S/C13H26O2Si/c1-6-10-13(12(5)11-14)15-16(7-2,8-3)9-4/h6,11-13H,1,7-10H2,2-5H3/t12-,13-/m1/s1. The van der Waals surface area contributed by atoms with Crippen LogP contribution < -0.4 is 0 Å². The van der Waals surface area contributed by atoms with Crippen LogP contribution in [0.2, 0.25) is 18.1 Å². The molecule has 2 nitrogen and oxygen atoms in total. The molecule has 16 heavy (non-hydrogen) atoms. The first-order valence-electron chi connectivity index (χ1n) is 6.33. The first-order chi connectivity index (χ1) is 7.59. The van der Waals surface area contributed by atoms with Crippen molar-refractivity contribution in [3.63, 3.8) is 0 Å². The van der Waals surface area contributed by atoms with Gasteiger partial charge in [-0.3, -0.25) is 0 Å². The molecule has 0 aromatic carbocycles. The lowest BCUT2D eigenvalue weighted by molar-refractivity contribution is -0.113. The summed E-state index contributed by atoms with van der Waals surface area (Å²) in [6, 6.07) is 3.37. The van der Waals surface area contributed by atoms with E-state index in [0.29, 0.717) is 0 Å². The monoisotopic (exact) mass is 242 g/mol. The summed E-state index contributed by atoms with van der Waals surface area (Å²) in [7, 11) is -1.60. The smallest absolute Gasteiger partial charge is 0.192 e. The van der Waals surface area contributed by atoms with Crippen molar-refractivity contribution in [3.8, 4) is 0 Å². The average Bonchev–Trinajstić information content (AvgIpc) is 2.34. The van der Waals surface area contributed by atoms with E-state index < -0.39 is 8.32 Å². The van der Waals surface area contributed by atoms with E-state index in [2.05, 4.69) is 27.4 Å². The van der Waals surface area contributed by atoms with E-state index in [0.717, 1.165) is 30.8 Å². The van der Waals surface area contributed by atoms with E-state index in [1.54, 1.807) is 0 Å². The summed E-state index contributed by atoms with van der Waals surface area (Å²) in [5.41, 5.74) is 0. The molecule has 0 saturated carbocycles. The minimum absolute atomic E-state index is 0.0292. The summed E-state index contributed by atoms with van der Waals surface area (Å²) in [6.07, 6.45) is 3.65. The van der Waals surface area contributed by atoms with Crippen molar-refractivity contribution < 1.29 is 9.22 Å². The molecule has 0 fully saturated rings. The van der Waals surface area contributed by atoms with Gasteiger partial charge in [0.05, 0.1) is 6.10 Å². The summed E-state index contributed by atoms with van der Waals surface area (Å²) < 4.78 is 6.32. The van der Waals surface area contributed by atoms with Crippen molar-refractivity contribution in [1.82, 2.24) is 0 Å². The maximum atomic E-state index is 10.9. The zero-order valence-electron chi connectivity index (χ0n) is 11.2. The average molecular weight is 242 g/mol. The van der Waals surface area contributed by atoms with Gasteiger partial charge in [0.15, 0.2) is 8.32 Å². The highest BCUT2D eigenvalue weighted by atomic mass is 28.4. The van der Waals surface area contributed by atoms with Crippen LogP contribution in [0.5, 0.6) is 0 Å². The summed E-state index contributed by atoms with van der Waals surface area (Å²) in [6.45, 7) is 12.3. The van der Waals surface area contributed by atoms with Crippen molar-refractivity contribution in [3.05, 3.63) is 12.7 Å². The van der Waals surface area contributed by atoms with Crippen LogP contribution in [0.3, 0.4) is 0 Å². The van der Waals surface area contributed by atoms with Gasteiger partial charge in [0.1, 0.15) is 6.29 Å². The highest BCUT2D eigenvalue weighted by molar-refractivity contribution is 6.73.